The number of aromatic amines is 1. The second-order valence-electron chi connectivity index (χ2n) is 3.57. The Balaban J connectivity index is 2.83. The lowest BCUT2D eigenvalue weighted by molar-refractivity contribution is -0.384. The van der Waals surface area contributed by atoms with Crippen molar-refractivity contribution in [3.8, 4) is 0 Å². The average Bonchev–Trinajstić information content (AvgIpc) is 2.28. The Bertz CT molecular complexity index is 682. The summed E-state index contributed by atoms with van der Waals surface area (Å²) in [6, 6.07) is 3.91. The summed E-state index contributed by atoms with van der Waals surface area (Å²) in [5.74, 6) is -0.375. The summed E-state index contributed by atoms with van der Waals surface area (Å²) < 4.78 is 0. The van der Waals surface area contributed by atoms with E-state index in [2.05, 4.69) is 4.98 Å². The van der Waals surface area contributed by atoms with Gasteiger partial charge in [0.05, 0.1) is 15.9 Å². The van der Waals surface area contributed by atoms with E-state index in [1.165, 1.54) is 31.3 Å². The van der Waals surface area contributed by atoms with Gasteiger partial charge in [0.2, 0.25) is 0 Å². The van der Waals surface area contributed by atoms with Crippen LogP contribution in [0.2, 0.25) is 0 Å². The number of ketones is 1. The van der Waals surface area contributed by atoms with Gasteiger partial charge in [-0.05, 0) is 13.0 Å². The minimum absolute atomic E-state index is 0.00185. The van der Waals surface area contributed by atoms with Crippen molar-refractivity contribution >= 4 is 22.4 Å². The number of H-pyrrole nitrogens is 1. The number of pyridine rings is 1. The first-order valence-electron chi connectivity index (χ1n) is 4.81. The van der Waals surface area contributed by atoms with E-state index >= 15 is 0 Å². The molecule has 6 heteroatoms. The lowest BCUT2D eigenvalue weighted by Crippen LogP contribution is -2.13. The molecule has 0 saturated carbocycles. The Morgan fingerprint density at radius 1 is 1.41 bits per heavy atom. The van der Waals surface area contributed by atoms with Crippen LogP contribution in [0.4, 0.5) is 5.69 Å². The molecule has 86 valence electrons. The molecule has 1 aromatic carbocycles. The molecular formula is C11H8N2O4. The molecule has 1 N–H and O–H groups in total. The highest BCUT2D eigenvalue weighted by Gasteiger charge is 2.12. The number of hydrogen-bond donors (Lipinski definition) is 1. The fraction of sp³-hybridized carbons (Fsp3) is 0.0909. The molecule has 17 heavy (non-hydrogen) atoms. The van der Waals surface area contributed by atoms with E-state index in [1.807, 2.05) is 0 Å². The second-order valence-corrected chi connectivity index (χ2v) is 3.57. The lowest BCUT2D eigenvalue weighted by atomic mass is 10.1. The summed E-state index contributed by atoms with van der Waals surface area (Å²) in [5.41, 5.74) is -0.206. The number of carbonyl (C=O) groups is 1. The summed E-state index contributed by atoms with van der Waals surface area (Å²) >= 11 is 0. The maximum Gasteiger partial charge on any atom is 0.270 e. The Hall–Kier alpha value is -2.50. The topological polar surface area (TPSA) is 93.1 Å². The highest BCUT2D eigenvalue weighted by atomic mass is 16.6. The van der Waals surface area contributed by atoms with Gasteiger partial charge in [-0.2, -0.15) is 0 Å². The second kappa shape index (κ2) is 3.82. The summed E-state index contributed by atoms with van der Waals surface area (Å²) in [6.45, 7) is 1.27. The molecule has 0 spiro atoms. The van der Waals surface area contributed by atoms with Crippen LogP contribution < -0.4 is 5.43 Å². The summed E-state index contributed by atoms with van der Waals surface area (Å²) in [7, 11) is 0. The molecule has 6 nitrogen and oxygen atoms in total. The zero-order valence-corrected chi connectivity index (χ0v) is 8.89. The molecule has 0 aliphatic rings. The lowest BCUT2D eigenvalue weighted by Gasteiger charge is -2.00. The van der Waals surface area contributed by atoms with Gasteiger partial charge in [-0.15, -0.1) is 0 Å². The standard InChI is InChI=1S/C11H8N2O4/c1-6(14)9-5-12-10-3-2-7(13(16)17)4-8(10)11(9)15/h2-5H,1H3,(H,12,15). The van der Waals surface area contributed by atoms with E-state index < -0.39 is 10.4 Å². The maximum absolute atomic E-state index is 11.9. The van der Waals surface area contributed by atoms with Crippen LogP contribution >= 0.6 is 0 Å². The van der Waals surface area contributed by atoms with E-state index in [4.69, 9.17) is 0 Å². The van der Waals surface area contributed by atoms with Crippen molar-refractivity contribution in [1.82, 2.24) is 4.98 Å². The number of fused-ring (bicyclic) bond motifs is 1. The molecule has 2 aromatic rings. The van der Waals surface area contributed by atoms with Crippen molar-refractivity contribution in [2.24, 2.45) is 0 Å². The van der Waals surface area contributed by atoms with Crippen LogP contribution in [-0.4, -0.2) is 15.7 Å². The number of nitro groups is 1. The van der Waals surface area contributed by atoms with Gasteiger partial charge in [0.25, 0.3) is 5.69 Å². The van der Waals surface area contributed by atoms with E-state index in [-0.39, 0.29) is 22.4 Å². The smallest absolute Gasteiger partial charge is 0.270 e. The summed E-state index contributed by atoms with van der Waals surface area (Å²) in [4.78, 5) is 35.8. The monoisotopic (exact) mass is 232 g/mol. The third kappa shape index (κ3) is 1.80. The molecule has 0 aliphatic heterocycles. The molecule has 0 aliphatic carbocycles. The zero-order valence-electron chi connectivity index (χ0n) is 8.89. The molecule has 0 radical (unpaired) electrons. The average molecular weight is 232 g/mol. The van der Waals surface area contributed by atoms with Gasteiger partial charge in [0, 0.05) is 23.8 Å². The quantitative estimate of drug-likeness (QED) is 0.483. The van der Waals surface area contributed by atoms with Crippen LogP contribution in [0.15, 0.2) is 29.2 Å². The first-order valence-corrected chi connectivity index (χ1v) is 4.81. The van der Waals surface area contributed by atoms with Gasteiger partial charge in [-0.1, -0.05) is 0 Å². The first kappa shape index (κ1) is 11.0. The van der Waals surface area contributed by atoms with E-state index in [9.17, 15) is 19.7 Å². The molecule has 0 unspecified atom stereocenters. The van der Waals surface area contributed by atoms with Gasteiger partial charge in [-0.25, -0.2) is 0 Å². The van der Waals surface area contributed by atoms with Gasteiger partial charge >= 0.3 is 0 Å². The molecule has 0 bridgehead atoms. The summed E-state index contributed by atoms with van der Waals surface area (Å²) in [6.07, 6.45) is 1.32. The van der Waals surface area contributed by atoms with Crippen LogP contribution in [-0.2, 0) is 0 Å². The van der Waals surface area contributed by atoms with Gasteiger partial charge in [0.15, 0.2) is 11.2 Å². The number of Topliss-reactive ketones (excluding diaryl/α,β-unsaturated/α-hetero) is 1. The number of benzene rings is 1. The Kier molecular flexibility index (Phi) is 2.47. The number of nitrogens with one attached hydrogen (secondary N) is 1. The van der Waals surface area contributed by atoms with Crippen molar-refractivity contribution in [3.05, 3.63) is 50.3 Å². The highest BCUT2D eigenvalue weighted by Crippen LogP contribution is 2.16. The number of aromatic nitrogens is 1. The number of rotatable bonds is 2. The fourth-order valence-corrected chi connectivity index (χ4v) is 1.58. The molecular weight excluding hydrogens is 224 g/mol. The fourth-order valence-electron chi connectivity index (χ4n) is 1.58. The number of carbonyl (C=O) groups excluding carboxylic acids is 1. The Morgan fingerprint density at radius 3 is 2.71 bits per heavy atom. The predicted octanol–water partition coefficient (Wildman–Crippen LogP) is 1.64. The molecule has 0 fully saturated rings. The van der Waals surface area contributed by atoms with Crippen LogP contribution in [0.3, 0.4) is 0 Å². The van der Waals surface area contributed by atoms with Gasteiger partial charge in [0.1, 0.15) is 0 Å². The van der Waals surface area contributed by atoms with E-state index in [1.54, 1.807) is 0 Å². The Morgan fingerprint density at radius 2 is 2.12 bits per heavy atom. The van der Waals surface area contributed by atoms with E-state index in [0.717, 1.165) is 0 Å². The van der Waals surface area contributed by atoms with Crippen LogP contribution in [0, 0.1) is 10.1 Å². The van der Waals surface area contributed by atoms with Gasteiger partial charge in [-0.3, -0.25) is 19.7 Å². The Labute approximate surface area is 95.0 Å². The van der Waals surface area contributed by atoms with Crippen molar-refractivity contribution in [2.45, 2.75) is 6.92 Å². The molecule has 0 amide bonds. The largest absolute Gasteiger partial charge is 0.360 e. The molecule has 2 rings (SSSR count). The molecule has 1 aromatic heterocycles. The highest BCUT2D eigenvalue weighted by molar-refractivity contribution is 5.97. The van der Waals surface area contributed by atoms with Crippen LogP contribution in [0.25, 0.3) is 10.9 Å². The minimum Gasteiger partial charge on any atom is -0.360 e. The maximum atomic E-state index is 11.9. The SMILES string of the molecule is CC(=O)c1c[nH]c2ccc([N+](=O)[O-])cc2c1=O. The number of nitrogens with zero attached hydrogens (tertiary/aromatic N) is 1. The van der Waals surface area contributed by atoms with Crippen molar-refractivity contribution in [2.75, 3.05) is 0 Å². The molecule has 0 saturated heterocycles. The normalized spacial score (nSPS) is 10.4. The van der Waals surface area contributed by atoms with Crippen molar-refractivity contribution < 1.29 is 9.72 Å². The zero-order chi connectivity index (χ0) is 12.6. The van der Waals surface area contributed by atoms with Gasteiger partial charge < -0.3 is 4.98 Å². The minimum atomic E-state index is -0.584. The predicted molar refractivity (Wildman–Crippen MR) is 61.2 cm³/mol. The van der Waals surface area contributed by atoms with Crippen LogP contribution in [0.1, 0.15) is 17.3 Å². The number of nitro benzene ring substituents is 1. The number of hydrogen-bond acceptors (Lipinski definition) is 4. The number of non-ortho nitro benzene ring substituents is 1. The third-order valence-electron chi connectivity index (χ3n) is 2.45. The van der Waals surface area contributed by atoms with E-state index in [0.29, 0.717) is 5.52 Å². The summed E-state index contributed by atoms with van der Waals surface area (Å²) in [5, 5.41) is 10.7. The van der Waals surface area contributed by atoms with Crippen LogP contribution in [0.5, 0.6) is 0 Å². The van der Waals surface area contributed by atoms with Crippen molar-refractivity contribution in [3.63, 3.8) is 0 Å². The molecule has 0 atom stereocenters. The third-order valence-corrected chi connectivity index (χ3v) is 2.45. The molecule has 1 heterocycles. The first-order chi connectivity index (χ1) is 8.00. The van der Waals surface area contributed by atoms with Crippen molar-refractivity contribution in [1.29, 1.82) is 0 Å².